The Balaban J connectivity index is 1.35. The average Bonchev–Trinajstić information content (AvgIpc) is 3.18. The van der Waals surface area contributed by atoms with E-state index in [2.05, 4.69) is 12.2 Å². The zero-order valence-corrected chi connectivity index (χ0v) is 17.9. The average molecular weight is 435 g/mol. The molecule has 1 aliphatic heterocycles. The van der Waals surface area contributed by atoms with Gasteiger partial charge in [0.2, 0.25) is 11.8 Å². The van der Waals surface area contributed by atoms with E-state index in [9.17, 15) is 9.59 Å². The molecular formula is C25H23ClN2O3. The van der Waals surface area contributed by atoms with Crippen molar-refractivity contribution in [1.82, 2.24) is 0 Å². The number of ether oxygens (including phenoxy) is 1. The Bertz CT molecular complexity index is 1060. The third-order valence-electron chi connectivity index (χ3n) is 5.32. The van der Waals surface area contributed by atoms with Crippen molar-refractivity contribution < 1.29 is 14.3 Å². The van der Waals surface area contributed by atoms with E-state index in [1.54, 1.807) is 53.4 Å². The summed E-state index contributed by atoms with van der Waals surface area (Å²) in [5, 5.41) is 3.55. The van der Waals surface area contributed by atoms with Crippen molar-refractivity contribution in [1.29, 1.82) is 0 Å². The van der Waals surface area contributed by atoms with Crippen LogP contribution in [0.3, 0.4) is 0 Å². The Hall–Kier alpha value is -3.31. The summed E-state index contributed by atoms with van der Waals surface area (Å²) in [7, 11) is 0. The van der Waals surface area contributed by atoms with E-state index >= 15 is 0 Å². The number of rotatable bonds is 6. The Morgan fingerprint density at radius 3 is 2.23 bits per heavy atom. The smallest absolute Gasteiger partial charge is 0.229 e. The van der Waals surface area contributed by atoms with Crippen LogP contribution >= 0.6 is 11.6 Å². The van der Waals surface area contributed by atoms with E-state index in [1.807, 2.05) is 24.3 Å². The van der Waals surface area contributed by atoms with Gasteiger partial charge in [-0.3, -0.25) is 9.59 Å². The van der Waals surface area contributed by atoms with Crippen LogP contribution in [-0.2, 0) is 16.0 Å². The molecule has 31 heavy (non-hydrogen) atoms. The molecule has 0 bridgehead atoms. The molecule has 0 radical (unpaired) electrons. The summed E-state index contributed by atoms with van der Waals surface area (Å²) in [5.41, 5.74) is 2.71. The lowest BCUT2D eigenvalue weighted by molar-refractivity contribution is -0.122. The molecule has 158 valence electrons. The third kappa shape index (κ3) is 5.06. The molecule has 0 saturated carbocycles. The molecule has 0 unspecified atom stereocenters. The molecule has 1 saturated heterocycles. The van der Waals surface area contributed by atoms with Gasteiger partial charge in [0.1, 0.15) is 11.5 Å². The van der Waals surface area contributed by atoms with Crippen molar-refractivity contribution in [2.75, 3.05) is 16.8 Å². The van der Waals surface area contributed by atoms with Crippen LogP contribution in [0.1, 0.15) is 18.9 Å². The molecule has 3 aromatic rings. The molecular weight excluding hydrogens is 412 g/mol. The first-order chi connectivity index (χ1) is 15.0. The van der Waals surface area contributed by atoms with E-state index in [4.69, 9.17) is 16.3 Å². The van der Waals surface area contributed by atoms with Crippen LogP contribution in [0, 0.1) is 5.92 Å². The van der Waals surface area contributed by atoms with Crippen LogP contribution in [-0.4, -0.2) is 18.4 Å². The van der Waals surface area contributed by atoms with Gasteiger partial charge in [0.25, 0.3) is 0 Å². The zero-order chi connectivity index (χ0) is 21.8. The highest BCUT2D eigenvalue weighted by atomic mass is 35.5. The van der Waals surface area contributed by atoms with Crippen LogP contribution in [0.15, 0.2) is 72.8 Å². The number of hydrogen-bond acceptors (Lipinski definition) is 3. The molecule has 3 aromatic carbocycles. The first-order valence-corrected chi connectivity index (χ1v) is 10.6. The standard InChI is InChI=1S/C25H23ClN2O3/c1-2-17-3-9-21(10-4-17)28-16-18(15-24(28)29)25(30)27-20-7-13-23(14-8-20)31-22-11-5-19(26)6-12-22/h3-14,18H,2,15-16H2,1H3,(H,27,30)/t18-/m0/s1. The molecule has 1 fully saturated rings. The number of carbonyl (C=O) groups is 2. The van der Waals surface area contributed by atoms with E-state index < -0.39 is 0 Å². The summed E-state index contributed by atoms with van der Waals surface area (Å²) >= 11 is 5.88. The van der Waals surface area contributed by atoms with Crippen molar-refractivity contribution in [2.24, 2.45) is 5.92 Å². The Labute approximate surface area is 186 Å². The van der Waals surface area contributed by atoms with Crippen LogP contribution in [0.4, 0.5) is 11.4 Å². The van der Waals surface area contributed by atoms with Gasteiger partial charge in [-0.25, -0.2) is 0 Å². The van der Waals surface area contributed by atoms with E-state index in [0.717, 1.165) is 12.1 Å². The molecule has 2 amide bonds. The molecule has 0 aliphatic carbocycles. The maximum Gasteiger partial charge on any atom is 0.229 e. The highest BCUT2D eigenvalue weighted by molar-refractivity contribution is 6.30. The number of amides is 2. The largest absolute Gasteiger partial charge is 0.457 e. The Morgan fingerprint density at radius 1 is 1.00 bits per heavy atom. The normalized spacial score (nSPS) is 15.7. The number of halogens is 1. The van der Waals surface area contributed by atoms with Gasteiger partial charge in [0, 0.05) is 29.4 Å². The van der Waals surface area contributed by atoms with Crippen LogP contribution in [0.2, 0.25) is 5.02 Å². The number of aryl methyl sites for hydroxylation is 1. The fourth-order valence-electron chi connectivity index (χ4n) is 3.53. The summed E-state index contributed by atoms with van der Waals surface area (Å²) in [6, 6.07) is 22.1. The monoisotopic (exact) mass is 434 g/mol. The minimum Gasteiger partial charge on any atom is -0.457 e. The van der Waals surface area contributed by atoms with Crippen LogP contribution in [0.25, 0.3) is 0 Å². The van der Waals surface area contributed by atoms with Gasteiger partial charge in [-0.2, -0.15) is 0 Å². The minimum absolute atomic E-state index is 0.0314. The first-order valence-electron chi connectivity index (χ1n) is 10.3. The zero-order valence-electron chi connectivity index (χ0n) is 17.2. The molecule has 6 heteroatoms. The lowest BCUT2D eigenvalue weighted by atomic mass is 10.1. The first kappa shape index (κ1) is 20.9. The second kappa shape index (κ2) is 9.23. The number of benzene rings is 3. The topological polar surface area (TPSA) is 58.6 Å². The summed E-state index contributed by atoms with van der Waals surface area (Å²) < 4.78 is 5.76. The molecule has 4 rings (SSSR count). The predicted molar refractivity (Wildman–Crippen MR) is 123 cm³/mol. The van der Waals surface area contributed by atoms with Crippen molar-refractivity contribution in [3.05, 3.63) is 83.4 Å². The maximum atomic E-state index is 12.7. The second-order valence-electron chi connectivity index (χ2n) is 7.50. The van der Waals surface area contributed by atoms with E-state index in [0.29, 0.717) is 28.8 Å². The number of anilines is 2. The lowest BCUT2D eigenvalue weighted by Crippen LogP contribution is -2.28. The van der Waals surface area contributed by atoms with Crippen LogP contribution in [0.5, 0.6) is 11.5 Å². The van der Waals surface area contributed by atoms with Gasteiger partial charge in [-0.05, 0) is 72.6 Å². The molecule has 5 nitrogen and oxygen atoms in total. The van der Waals surface area contributed by atoms with Gasteiger partial charge < -0.3 is 15.0 Å². The molecule has 1 atom stereocenters. The van der Waals surface area contributed by atoms with Gasteiger partial charge in [-0.1, -0.05) is 30.7 Å². The Morgan fingerprint density at radius 2 is 1.61 bits per heavy atom. The molecule has 0 spiro atoms. The van der Waals surface area contributed by atoms with Gasteiger partial charge >= 0.3 is 0 Å². The van der Waals surface area contributed by atoms with Crippen LogP contribution < -0.4 is 15.0 Å². The van der Waals surface area contributed by atoms with E-state index in [1.165, 1.54) is 5.56 Å². The van der Waals surface area contributed by atoms with Gasteiger partial charge in [-0.15, -0.1) is 0 Å². The summed E-state index contributed by atoms with van der Waals surface area (Å²) in [4.78, 5) is 26.9. The third-order valence-corrected chi connectivity index (χ3v) is 5.58. The highest BCUT2D eigenvalue weighted by Crippen LogP contribution is 2.28. The summed E-state index contributed by atoms with van der Waals surface area (Å²) in [6.07, 6.45) is 1.15. The molecule has 1 N–H and O–H groups in total. The van der Waals surface area contributed by atoms with Crippen molar-refractivity contribution >= 4 is 34.8 Å². The number of hydrogen-bond donors (Lipinski definition) is 1. The fourth-order valence-corrected chi connectivity index (χ4v) is 3.66. The second-order valence-corrected chi connectivity index (χ2v) is 7.93. The predicted octanol–water partition coefficient (Wildman–Crippen LogP) is 5.69. The maximum absolute atomic E-state index is 12.7. The Kier molecular flexibility index (Phi) is 6.23. The lowest BCUT2D eigenvalue weighted by Gasteiger charge is -2.17. The number of nitrogens with one attached hydrogen (secondary N) is 1. The van der Waals surface area contributed by atoms with E-state index in [-0.39, 0.29) is 24.2 Å². The highest BCUT2D eigenvalue weighted by Gasteiger charge is 2.35. The molecule has 1 heterocycles. The van der Waals surface area contributed by atoms with Crippen molar-refractivity contribution in [3.63, 3.8) is 0 Å². The van der Waals surface area contributed by atoms with Gasteiger partial charge in [0.05, 0.1) is 5.92 Å². The number of nitrogens with zero attached hydrogens (tertiary/aromatic N) is 1. The molecule has 1 aliphatic rings. The van der Waals surface area contributed by atoms with Crippen molar-refractivity contribution in [3.8, 4) is 11.5 Å². The minimum atomic E-state index is -0.386. The summed E-state index contributed by atoms with van der Waals surface area (Å²) in [5.74, 6) is 0.752. The van der Waals surface area contributed by atoms with Crippen molar-refractivity contribution in [2.45, 2.75) is 19.8 Å². The summed E-state index contributed by atoms with van der Waals surface area (Å²) in [6.45, 7) is 2.47. The molecule has 0 aromatic heterocycles. The number of carbonyl (C=O) groups excluding carboxylic acids is 2. The fraction of sp³-hybridized carbons (Fsp3) is 0.200. The SMILES string of the molecule is CCc1ccc(N2C[C@@H](C(=O)Nc3ccc(Oc4ccc(Cl)cc4)cc3)CC2=O)cc1. The van der Waals surface area contributed by atoms with Gasteiger partial charge in [0.15, 0.2) is 0 Å². The quantitative estimate of drug-likeness (QED) is 0.542.